The van der Waals surface area contributed by atoms with Crippen LogP contribution in [0.3, 0.4) is 0 Å². The Morgan fingerprint density at radius 2 is 1.30 bits per heavy atom. The summed E-state index contributed by atoms with van der Waals surface area (Å²) in [6, 6.07) is 42.4. The Hall–Kier alpha value is -4.82. The first-order valence-corrected chi connectivity index (χ1v) is 14.1. The number of rotatable bonds is 2. The van der Waals surface area contributed by atoms with Crippen LogP contribution in [0.25, 0.3) is 39.6 Å². The van der Waals surface area contributed by atoms with E-state index in [9.17, 15) is 0 Å². The second-order valence-corrected chi connectivity index (χ2v) is 11.4. The Morgan fingerprint density at radius 3 is 2.12 bits per heavy atom. The molecule has 40 heavy (non-hydrogen) atoms. The third kappa shape index (κ3) is 3.23. The highest BCUT2D eigenvalue weighted by Crippen LogP contribution is 2.58. The van der Waals surface area contributed by atoms with Crippen LogP contribution in [0.2, 0.25) is 0 Å². The predicted octanol–water partition coefficient (Wildman–Crippen LogP) is 9.77. The molecule has 2 heteroatoms. The minimum atomic E-state index is -0.134. The van der Waals surface area contributed by atoms with E-state index in [1.54, 1.807) is 0 Å². The maximum Gasteiger partial charge on any atom is 0.0584 e. The van der Waals surface area contributed by atoms with Crippen molar-refractivity contribution >= 4 is 34.4 Å². The lowest BCUT2D eigenvalue weighted by atomic mass is 9.77. The normalized spacial score (nSPS) is 15.8. The summed E-state index contributed by atoms with van der Waals surface area (Å²) < 4.78 is 0. The maximum atomic E-state index is 3.58. The van der Waals surface area contributed by atoms with Crippen LogP contribution >= 0.6 is 0 Å². The molecule has 3 aliphatic rings. The molecule has 0 spiro atoms. The number of fused-ring (bicyclic) bond motifs is 7. The van der Waals surface area contributed by atoms with E-state index >= 15 is 0 Å². The molecule has 1 aliphatic carbocycles. The summed E-state index contributed by atoms with van der Waals surface area (Å²) >= 11 is 0. The van der Waals surface area contributed by atoms with Gasteiger partial charge in [0.1, 0.15) is 0 Å². The molecule has 1 N–H and O–H groups in total. The van der Waals surface area contributed by atoms with Crippen molar-refractivity contribution in [3.05, 3.63) is 144 Å². The van der Waals surface area contributed by atoms with Gasteiger partial charge in [0.15, 0.2) is 0 Å². The molecular weight excluding hydrogens is 484 g/mol. The smallest absolute Gasteiger partial charge is 0.0584 e. The lowest BCUT2D eigenvalue weighted by molar-refractivity contribution is 0.704. The van der Waals surface area contributed by atoms with Crippen LogP contribution in [-0.4, -0.2) is 6.54 Å². The SMILES string of the molecule is CC1(C)C2=C(c3ccccc31)N(c1ccc(-c3cccc4c3NCC=C4)cc1)c1ccccc1-c1ccccc12. The number of anilines is 3. The first-order chi connectivity index (χ1) is 19.6. The monoisotopic (exact) mass is 514 g/mol. The zero-order chi connectivity index (χ0) is 26.8. The fraction of sp³-hybridized carbons (Fsp3) is 0.105. The molecule has 0 saturated heterocycles. The minimum absolute atomic E-state index is 0.134. The Bertz CT molecular complexity index is 1870. The van der Waals surface area contributed by atoms with E-state index in [1.165, 1.54) is 72.8 Å². The molecule has 2 aliphatic heterocycles. The Labute approximate surface area is 235 Å². The van der Waals surface area contributed by atoms with Gasteiger partial charge in [-0.3, -0.25) is 0 Å². The second-order valence-electron chi connectivity index (χ2n) is 11.4. The summed E-state index contributed by atoms with van der Waals surface area (Å²) in [6.07, 6.45) is 4.39. The van der Waals surface area contributed by atoms with E-state index in [0.717, 1.165) is 6.54 Å². The van der Waals surface area contributed by atoms with Crippen LogP contribution < -0.4 is 10.2 Å². The fourth-order valence-electron chi connectivity index (χ4n) is 7.00. The zero-order valence-electron chi connectivity index (χ0n) is 22.8. The lowest BCUT2D eigenvalue weighted by Crippen LogP contribution is -2.18. The fourth-order valence-corrected chi connectivity index (χ4v) is 7.00. The van der Waals surface area contributed by atoms with Gasteiger partial charge in [0.2, 0.25) is 0 Å². The number of nitrogens with zero attached hydrogens (tertiary/aromatic N) is 1. The Morgan fingerprint density at radius 1 is 0.625 bits per heavy atom. The minimum Gasteiger partial charge on any atom is -0.381 e. The first kappa shape index (κ1) is 23.1. The predicted molar refractivity (Wildman–Crippen MR) is 170 cm³/mol. The largest absolute Gasteiger partial charge is 0.381 e. The molecule has 192 valence electrons. The van der Waals surface area contributed by atoms with Crippen LogP contribution in [0.1, 0.15) is 36.1 Å². The summed E-state index contributed by atoms with van der Waals surface area (Å²) in [6.45, 7) is 5.61. The van der Waals surface area contributed by atoms with Crippen molar-refractivity contribution in [3.8, 4) is 22.3 Å². The van der Waals surface area contributed by atoms with Crippen molar-refractivity contribution < 1.29 is 0 Å². The molecule has 0 radical (unpaired) electrons. The van der Waals surface area contributed by atoms with Crippen molar-refractivity contribution in [3.63, 3.8) is 0 Å². The summed E-state index contributed by atoms with van der Waals surface area (Å²) in [5.74, 6) is 0. The van der Waals surface area contributed by atoms with Crippen LogP contribution in [0.5, 0.6) is 0 Å². The van der Waals surface area contributed by atoms with Gasteiger partial charge in [-0.25, -0.2) is 0 Å². The van der Waals surface area contributed by atoms with Gasteiger partial charge in [-0.05, 0) is 51.6 Å². The van der Waals surface area contributed by atoms with E-state index in [-0.39, 0.29) is 5.41 Å². The number of hydrogen-bond acceptors (Lipinski definition) is 2. The topological polar surface area (TPSA) is 15.3 Å². The molecule has 5 aromatic carbocycles. The maximum absolute atomic E-state index is 3.58. The van der Waals surface area contributed by atoms with Gasteiger partial charge in [-0.2, -0.15) is 0 Å². The molecule has 0 unspecified atom stereocenters. The number of benzene rings is 5. The summed E-state index contributed by atoms with van der Waals surface area (Å²) in [5, 5.41) is 3.58. The Kier molecular flexibility index (Phi) is 4.96. The van der Waals surface area contributed by atoms with Gasteiger partial charge in [0, 0.05) is 40.0 Å². The number of para-hydroxylation sites is 2. The Balaban J connectivity index is 1.37. The van der Waals surface area contributed by atoms with Gasteiger partial charge in [0.05, 0.1) is 11.4 Å². The highest BCUT2D eigenvalue weighted by Gasteiger charge is 2.43. The van der Waals surface area contributed by atoms with E-state index in [2.05, 4.69) is 151 Å². The van der Waals surface area contributed by atoms with Crippen molar-refractivity contribution in [1.82, 2.24) is 0 Å². The number of allylic oxidation sites excluding steroid dienone is 1. The number of nitrogens with one attached hydrogen (secondary N) is 1. The number of hydrogen-bond donors (Lipinski definition) is 1. The van der Waals surface area contributed by atoms with Gasteiger partial charge in [0.25, 0.3) is 0 Å². The zero-order valence-corrected chi connectivity index (χ0v) is 22.8. The molecular formula is C38H30N2. The van der Waals surface area contributed by atoms with Gasteiger partial charge in [-0.1, -0.05) is 123 Å². The third-order valence-corrected chi connectivity index (χ3v) is 8.80. The molecule has 0 amide bonds. The van der Waals surface area contributed by atoms with E-state index in [0.29, 0.717) is 0 Å². The summed E-state index contributed by atoms with van der Waals surface area (Å²) in [7, 11) is 0. The molecule has 0 bridgehead atoms. The summed E-state index contributed by atoms with van der Waals surface area (Å²) in [4.78, 5) is 2.50. The average Bonchev–Trinajstić information content (AvgIpc) is 3.15. The van der Waals surface area contributed by atoms with Crippen LogP contribution in [-0.2, 0) is 5.41 Å². The second kappa shape index (κ2) is 8.59. The summed E-state index contributed by atoms with van der Waals surface area (Å²) in [5.41, 5.74) is 16.4. The molecule has 8 rings (SSSR count). The van der Waals surface area contributed by atoms with Gasteiger partial charge in [-0.15, -0.1) is 0 Å². The molecule has 0 fully saturated rings. The van der Waals surface area contributed by atoms with E-state index in [1.807, 2.05) is 0 Å². The van der Waals surface area contributed by atoms with Crippen LogP contribution in [0.15, 0.2) is 121 Å². The van der Waals surface area contributed by atoms with Crippen molar-refractivity contribution in [2.24, 2.45) is 0 Å². The van der Waals surface area contributed by atoms with Gasteiger partial charge >= 0.3 is 0 Å². The molecule has 5 aromatic rings. The van der Waals surface area contributed by atoms with Crippen LogP contribution in [0.4, 0.5) is 17.1 Å². The third-order valence-electron chi connectivity index (χ3n) is 8.80. The highest BCUT2D eigenvalue weighted by molar-refractivity contribution is 6.14. The van der Waals surface area contributed by atoms with Crippen molar-refractivity contribution in [2.45, 2.75) is 19.3 Å². The standard InChI is InChI=1S/C38H30N2/c1-38(2)33-18-7-5-16-32(33)37-35(38)31-15-4-3-13-29(31)30-14-6-8-19-34(30)40(37)27-22-20-25(21-23-27)28-17-9-11-26-12-10-24-39-36(26)28/h3-23,39H,24H2,1-2H3. The molecule has 0 atom stereocenters. The van der Waals surface area contributed by atoms with E-state index < -0.39 is 0 Å². The van der Waals surface area contributed by atoms with E-state index in [4.69, 9.17) is 0 Å². The molecule has 0 saturated carbocycles. The van der Waals surface area contributed by atoms with Gasteiger partial charge < -0.3 is 10.2 Å². The first-order valence-electron chi connectivity index (χ1n) is 14.1. The quantitative estimate of drug-likeness (QED) is 0.252. The van der Waals surface area contributed by atoms with Crippen molar-refractivity contribution in [1.29, 1.82) is 0 Å². The molecule has 2 nitrogen and oxygen atoms in total. The average molecular weight is 515 g/mol. The lowest BCUT2D eigenvalue weighted by Gasteiger charge is -2.29. The van der Waals surface area contributed by atoms with Crippen LogP contribution in [0, 0.1) is 0 Å². The van der Waals surface area contributed by atoms with Crippen molar-refractivity contribution in [2.75, 3.05) is 16.8 Å². The molecule has 2 heterocycles. The molecule has 0 aromatic heterocycles. The highest BCUT2D eigenvalue weighted by atomic mass is 15.2.